The number of hydrogen-bond donors (Lipinski definition) is 3. The summed E-state index contributed by atoms with van der Waals surface area (Å²) in [6.07, 6.45) is 8.84. The molecule has 0 bridgehead atoms. The summed E-state index contributed by atoms with van der Waals surface area (Å²) < 4.78 is 5.37. The molecule has 1 saturated carbocycles. The molecule has 2 aliphatic carbocycles. The lowest BCUT2D eigenvalue weighted by molar-refractivity contribution is 0.0483. The van der Waals surface area contributed by atoms with E-state index in [9.17, 15) is 9.90 Å². The van der Waals surface area contributed by atoms with Gasteiger partial charge in [0.2, 0.25) is 0 Å². The van der Waals surface area contributed by atoms with Gasteiger partial charge in [-0.15, -0.1) is 0 Å². The Hall–Kier alpha value is -1.75. The average molecular weight is 431 g/mol. The van der Waals surface area contributed by atoms with E-state index < -0.39 is 11.7 Å². The maximum atomic E-state index is 12.2. The summed E-state index contributed by atoms with van der Waals surface area (Å²) in [7, 11) is 1.96. The molecule has 1 unspecified atom stereocenters. The van der Waals surface area contributed by atoms with Gasteiger partial charge < -0.3 is 20.5 Å². The maximum Gasteiger partial charge on any atom is 0.407 e. The molecule has 1 aromatic carbocycles. The van der Waals surface area contributed by atoms with Gasteiger partial charge in [-0.25, -0.2) is 4.79 Å². The molecular weight excluding hydrogens is 388 g/mol. The number of fused-ring (bicyclic) bond motifs is 2. The van der Waals surface area contributed by atoms with Crippen LogP contribution in [0.3, 0.4) is 0 Å². The van der Waals surface area contributed by atoms with Gasteiger partial charge in [-0.2, -0.15) is 0 Å². The average Bonchev–Trinajstić information content (AvgIpc) is 2.68. The zero-order chi connectivity index (χ0) is 22.9. The van der Waals surface area contributed by atoms with Crippen molar-refractivity contribution in [1.82, 2.24) is 5.32 Å². The van der Waals surface area contributed by atoms with Crippen LogP contribution in [0.1, 0.15) is 89.8 Å². The summed E-state index contributed by atoms with van der Waals surface area (Å²) in [4.78, 5) is 12.2. The number of amides is 1. The second-order valence-electron chi connectivity index (χ2n) is 11.4. The molecule has 1 fully saturated rings. The predicted octanol–water partition coefficient (Wildman–Crippen LogP) is 5.33. The van der Waals surface area contributed by atoms with Crippen molar-refractivity contribution in [3.8, 4) is 0 Å². The Balaban J connectivity index is 1.82. The lowest BCUT2D eigenvalue weighted by Gasteiger charge is -2.47. The summed E-state index contributed by atoms with van der Waals surface area (Å²) in [5.41, 5.74) is 5.44. The van der Waals surface area contributed by atoms with Crippen LogP contribution in [0.25, 0.3) is 0 Å². The second-order valence-corrected chi connectivity index (χ2v) is 11.4. The molecule has 1 aromatic rings. The summed E-state index contributed by atoms with van der Waals surface area (Å²) in [6, 6.07) is 4.30. The lowest BCUT2D eigenvalue weighted by Crippen LogP contribution is -2.42. The van der Waals surface area contributed by atoms with Gasteiger partial charge in [0, 0.05) is 12.7 Å². The molecule has 3 N–H and O–H groups in total. The molecule has 0 saturated heterocycles. The van der Waals surface area contributed by atoms with Crippen molar-refractivity contribution in [2.75, 3.05) is 19.0 Å². The number of carbonyl (C=O) groups excluding carboxylic acids is 1. The van der Waals surface area contributed by atoms with Crippen molar-refractivity contribution >= 4 is 11.8 Å². The molecule has 2 aliphatic rings. The molecule has 1 spiro atoms. The van der Waals surface area contributed by atoms with E-state index in [1.807, 2.05) is 27.8 Å². The first-order chi connectivity index (χ1) is 14.5. The molecule has 0 heterocycles. The Morgan fingerprint density at radius 2 is 1.84 bits per heavy atom. The molecule has 31 heavy (non-hydrogen) atoms. The van der Waals surface area contributed by atoms with Gasteiger partial charge in [0.05, 0.1) is 12.6 Å². The topological polar surface area (TPSA) is 70.6 Å². The van der Waals surface area contributed by atoms with Crippen molar-refractivity contribution in [3.63, 3.8) is 0 Å². The zero-order valence-corrected chi connectivity index (χ0v) is 20.4. The highest BCUT2D eigenvalue weighted by Crippen LogP contribution is 2.52. The minimum absolute atomic E-state index is 0.126. The number of carbonyl (C=O) groups is 1. The van der Waals surface area contributed by atoms with Crippen LogP contribution in [-0.4, -0.2) is 36.5 Å². The van der Waals surface area contributed by atoms with Gasteiger partial charge in [-0.3, -0.25) is 0 Å². The van der Waals surface area contributed by atoms with Gasteiger partial charge in [0.25, 0.3) is 0 Å². The molecule has 3 rings (SSSR count). The number of aryl methyl sites for hydroxylation is 1. The van der Waals surface area contributed by atoms with Crippen molar-refractivity contribution < 1.29 is 14.6 Å². The van der Waals surface area contributed by atoms with Crippen LogP contribution in [0.15, 0.2) is 12.1 Å². The molecular formula is C26H42N2O3. The van der Waals surface area contributed by atoms with E-state index in [0.29, 0.717) is 17.3 Å². The van der Waals surface area contributed by atoms with E-state index in [2.05, 4.69) is 36.6 Å². The number of aliphatic hydroxyl groups excluding tert-OH is 1. The third kappa shape index (κ3) is 5.74. The van der Waals surface area contributed by atoms with Gasteiger partial charge >= 0.3 is 6.09 Å². The minimum atomic E-state index is -0.561. The Morgan fingerprint density at radius 3 is 2.42 bits per heavy atom. The Kier molecular flexibility index (Phi) is 6.95. The van der Waals surface area contributed by atoms with E-state index in [4.69, 9.17) is 4.74 Å². The van der Waals surface area contributed by atoms with Crippen molar-refractivity contribution in [2.45, 2.75) is 103 Å². The summed E-state index contributed by atoms with van der Waals surface area (Å²) in [6.45, 7) is 10.2. The monoisotopic (exact) mass is 430 g/mol. The molecule has 0 aromatic heterocycles. The van der Waals surface area contributed by atoms with Gasteiger partial charge in [-0.05, 0) is 106 Å². The third-order valence-electron chi connectivity index (χ3n) is 7.24. The number of rotatable bonds is 5. The van der Waals surface area contributed by atoms with Crippen LogP contribution in [0.4, 0.5) is 10.5 Å². The summed E-state index contributed by atoms with van der Waals surface area (Å²) >= 11 is 0. The van der Waals surface area contributed by atoms with Crippen LogP contribution in [-0.2, 0) is 23.0 Å². The Labute approximate surface area is 188 Å². The normalized spacial score (nSPS) is 20.6. The molecule has 5 nitrogen and oxygen atoms in total. The van der Waals surface area contributed by atoms with Crippen LogP contribution in [0, 0.1) is 5.41 Å². The predicted molar refractivity (Wildman–Crippen MR) is 127 cm³/mol. The first-order valence-corrected chi connectivity index (χ1v) is 11.9. The van der Waals surface area contributed by atoms with E-state index in [-0.39, 0.29) is 12.6 Å². The van der Waals surface area contributed by atoms with E-state index in [0.717, 1.165) is 17.7 Å². The number of aliphatic hydroxyl groups is 1. The minimum Gasteiger partial charge on any atom is -0.444 e. The second kappa shape index (κ2) is 9.01. The highest BCUT2D eigenvalue weighted by molar-refractivity contribution is 5.68. The van der Waals surface area contributed by atoms with Crippen molar-refractivity contribution in [3.05, 3.63) is 28.8 Å². The van der Waals surface area contributed by atoms with Crippen molar-refractivity contribution in [2.24, 2.45) is 5.41 Å². The third-order valence-corrected chi connectivity index (χ3v) is 7.24. The number of ether oxygens (including phenoxy) is 1. The van der Waals surface area contributed by atoms with Crippen LogP contribution >= 0.6 is 0 Å². The SMILES string of the molecule is CNc1cc2c(cc1CC(CO)NC(=O)OC(C)(C)C)CCCC21CCC(C)(C)CC1. The Morgan fingerprint density at radius 1 is 1.16 bits per heavy atom. The smallest absolute Gasteiger partial charge is 0.407 e. The quantitative estimate of drug-likeness (QED) is 0.590. The number of benzene rings is 1. The molecule has 0 radical (unpaired) electrons. The maximum absolute atomic E-state index is 12.2. The number of anilines is 1. The van der Waals surface area contributed by atoms with E-state index in [1.54, 1.807) is 0 Å². The number of nitrogens with one attached hydrogen (secondary N) is 2. The summed E-state index contributed by atoms with van der Waals surface area (Å²) in [5, 5.41) is 16.1. The molecule has 1 amide bonds. The first-order valence-electron chi connectivity index (χ1n) is 11.9. The highest BCUT2D eigenvalue weighted by atomic mass is 16.6. The van der Waals surface area contributed by atoms with Crippen molar-refractivity contribution in [1.29, 1.82) is 0 Å². The highest BCUT2D eigenvalue weighted by Gasteiger charge is 2.42. The Bertz CT molecular complexity index is 785. The van der Waals surface area contributed by atoms with Crippen LogP contribution < -0.4 is 10.6 Å². The largest absolute Gasteiger partial charge is 0.444 e. The first kappa shape index (κ1) is 23.9. The zero-order valence-electron chi connectivity index (χ0n) is 20.4. The van der Waals surface area contributed by atoms with E-state index in [1.165, 1.54) is 49.7 Å². The molecule has 5 heteroatoms. The summed E-state index contributed by atoms with van der Waals surface area (Å²) in [5.74, 6) is 0. The molecule has 0 aliphatic heterocycles. The number of alkyl carbamates (subject to hydrolysis) is 1. The fraction of sp³-hybridized carbons (Fsp3) is 0.731. The molecule has 1 atom stereocenters. The number of hydrogen-bond acceptors (Lipinski definition) is 4. The van der Waals surface area contributed by atoms with Crippen LogP contribution in [0.2, 0.25) is 0 Å². The fourth-order valence-corrected chi connectivity index (χ4v) is 5.38. The fourth-order valence-electron chi connectivity index (χ4n) is 5.38. The van der Waals surface area contributed by atoms with E-state index >= 15 is 0 Å². The van der Waals surface area contributed by atoms with Gasteiger partial charge in [-0.1, -0.05) is 19.9 Å². The molecule has 174 valence electrons. The van der Waals surface area contributed by atoms with Crippen LogP contribution in [0.5, 0.6) is 0 Å². The van der Waals surface area contributed by atoms with Gasteiger partial charge in [0.15, 0.2) is 0 Å². The standard InChI is InChI=1S/C26H42N2O3/c1-24(2,3)31-23(30)28-20(17-29)15-19-14-18-8-7-9-26(21(18)16-22(19)27-6)12-10-25(4,5)11-13-26/h14,16,20,27,29H,7-13,15,17H2,1-6H3,(H,28,30). The van der Waals surface area contributed by atoms with Gasteiger partial charge in [0.1, 0.15) is 5.60 Å². The lowest BCUT2D eigenvalue weighted by atomic mass is 9.58.